The van der Waals surface area contributed by atoms with E-state index in [1.807, 2.05) is 0 Å². The van der Waals surface area contributed by atoms with Crippen LogP contribution in [0.25, 0.3) is 10.4 Å². The van der Waals surface area contributed by atoms with E-state index in [9.17, 15) is 23.1 Å². The summed E-state index contributed by atoms with van der Waals surface area (Å²) in [6, 6.07) is 6.79. The van der Waals surface area contributed by atoms with Crippen LogP contribution in [0.1, 0.15) is 24.2 Å². The number of carbonyl (C=O) groups excluding carboxylic acids is 1. The van der Waals surface area contributed by atoms with E-state index in [4.69, 9.17) is 0 Å². The summed E-state index contributed by atoms with van der Waals surface area (Å²) in [5, 5.41) is 11.4. The van der Waals surface area contributed by atoms with Crippen molar-refractivity contribution in [3.63, 3.8) is 0 Å². The van der Waals surface area contributed by atoms with Gasteiger partial charge in [0, 0.05) is 27.5 Å². The molecule has 0 radical (unpaired) electrons. The second-order valence-electron chi connectivity index (χ2n) is 6.66. The zero-order valence-corrected chi connectivity index (χ0v) is 17.2. The van der Waals surface area contributed by atoms with E-state index in [0.717, 1.165) is 21.0 Å². The third kappa shape index (κ3) is 3.69. The minimum Gasteiger partial charge on any atom is -0.480 e. The average Bonchev–Trinajstić information content (AvgIpc) is 3.09. The van der Waals surface area contributed by atoms with Gasteiger partial charge in [-0.3, -0.25) is 9.59 Å². The Bertz CT molecular complexity index is 963. The number of carboxylic acid groups (broad SMARTS) is 1. The van der Waals surface area contributed by atoms with Gasteiger partial charge in [-0.1, -0.05) is 12.1 Å². The minimum absolute atomic E-state index is 0.0457. The second kappa shape index (κ2) is 7.38. The Morgan fingerprint density at radius 3 is 2.52 bits per heavy atom. The Morgan fingerprint density at radius 2 is 1.93 bits per heavy atom. The molecular formula is C18H19NO5S3. The molecule has 2 aromatic rings. The molecule has 1 N–H and O–H groups in total. The van der Waals surface area contributed by atoms with Gasteiger partial charge in [-0.25, -0.2) is 8.42 Å². The van der Waals surface area contributed by atoms with E-state index in [0.29, 0.717) is 11.3 Å². The molecule has 3 rings (SSSR count). The highest BCUT2D eigenvalue weighted by Crippen LogP contribution is 2.38. The van der Waals surface area contributed by atoms with Gasteiger partial charge in [-0.2, -0.15) is 16.1 Å². The highest BCUT2D eigenvalue weighted by atomic mass is 32.2. The molecule has 1 saturated heterocycles. The van der Waals surface area contributed by atoms with Crippen LogP contribution in [-0.2, 0) is 14.8 Å². The lowest BCUT2D eigenvalue weighted by Crippen LogP contribution is -2.58. The molecule has 1 atom stereocenters. The summed E-state index contributed by atoms with van der Waals surface area (Å²) >= 11 is 2.86. The molecule has 1 fully saturated rings. The van der Waals surface area contributed by atoms with Crippen molar-refractivity contribution in [1.29, 1.82) is 0 Å². The summed E-state index contributed by atoms with van der Waals surface area (Å²) in [4.78, 5) is 23.7. The van der Waals surface area contributed by atoms with Crippen molar-refractivity contribution < 1.29 is 23.1 Å². The van der Waals surface area contributed by atoms with Gasteiger partial charge in [0.2, 0.25) is 10.0 Å². The third-order valence-corrected chi connectivity index (χ3v) is 8.72. The van der Waals surface area contributed by atoms with E-state index in [1.165, 1.54) is 35.2 Å². The quantitative estimate of drug-likeness (QED) is 0.740. The fourth-order valence-electron chi connectivity index (χ4n) is 3.19. The molecule has 1 aliphatic heterocycles. The fourth-order valence-corrected chi connectivity index (χ4v) is 7.16. The molecule has 27 heavy (non-hydrogen) atoms. The van der Waals surface area contributed by atoms with Crippen LogP contribution in [0.5, 0.6) is 0 Å². The van der Waals surface area contributed by atoms with Crippen LogP contribution in [0.4, 0.5) is 0 Å². The summed E-state index contributed by atoms with van der Waals surface area (Å²) in [5.41, 5.74) is 1.30. The van der Waals surface area contributed by atoms with Crippen LogP contribution in [0, 0.1) is 0 Å². The van der Waals surface area contributed by atoms with Gasteiger partial charge >= 0.3 is 5.97 Å². The van der Waals surface area contributed by atoms with Gasteiger partial charge in [0.15, 0.2) is 6.29 Å². The maximum atomic E-state index is 13.1. The van der Waals surface area contributed by atoms with Crippen LogP contribution in [0.15, 0.2) is 40.6 Å². The lowest BCUT2D eigenvalue weighted by atomic mass is 10.0. The van der Waals surface area contributed by atoms with Crippen LogP contribution < -0.4 is 0 Å². The van der Waals surface area contributed by atoms with Gasteiger partial charge < -0.3 is 5.11 Å². The van der Waals surface area contributed by atoms with Gasteiger partial charge in [-0.05, 0) is 43.0 Å². The van der Waals surface area contributed by atoms with Crippen molar-refractivity contribution in [2.45, 2.75) is 29.5 Å². The highest BCUT2D eigenvalue weighted by Gasteiger charge is 2.48. The van der Waals surface area contributed by atoms with Gasteiger partial charge in [-0.15, -0.1) is 11.3 Å². The molecule has 0 amide bonds. The van der Waals surface area contributed by atoms with Crippen molar-refractivity contribution in [3.8, 4) is 10.4 Å². The number of carboxylic acids is 1. The second-order valence-corrected chi connectivity index (χ2v) is 11.2. The number of thiophene rings is 1. The molecule has 144 valence electrons. The number of benzene rings is 1. The molecule has 2 heterocycles. The van der Waals surface area contributed by atoms with Gasteiger partial charge in [0.25, 0.3) is 0 Å². The zero-order valence-electron chi connectivity index (χ0n) is 14.8. The largest absolute Gasteiger partial charge is 0.480 e. The standard InChI is InChI=1S/C18H19NO5S3/c1-18(2)16(17(21)22)19(8-10-26-18)27(23,24)14-5-3-12(4-6-14)15-13(11-20)7-9-25-15/h3-7,9,11,16H,8,10H2,1-2H3,(H,21,22). The normalized spacial score (nSPS) is 20.3. The Morgan fingerprint density at radius 1 is 1.26 bits per heavy atom. The van der Waals surface area contributed by atoms with Gasteiger partial charge in [0.1, 0.15) is 6.04 Å². The number of thioether (sulfide) groups is 1. The third-order valence-electron chi connectivity index (χ3n) is 4.51. The van der Waals surface area contributed by atoms with Crippen molar-refractivity contribution in [1.82, 2.24) is 4.31 Å². The Labute approximate surface area is 166 Å². The maximum Gasteiger partial charge on any atom is 0.323 e. The number of aliphatic carboxylic acids is 1. The topological polar surface area (TPSA) is 91.8 Å². The number of hydrogen-bond donors (Lipinski definition) is 1. The summed E-state index contributed by atoms with van der Waals surface area (Å²) in [7, 11) is -3.96. The molecule has 1 aromatic heterocycles. The predicted molar refractivity (Wildman–Crippen MR) is 107 cm³/mol. The first kappa shape index (κ1) is 20.1. The maximum absolute atomic E-state index is 13.1. The SMILES string of the molecule is CC1(C)SCCN(S(=O)(=O)c2ccc(-c3sccc3C=O)cc2)C1C(=O)O. The van der Waals surface area contributed by atoms with Crippen molar-refractivity contribution in [2.75, 3.05) is 12.3 Å². The first-order chi connectivity index (χ1) is 12.7. The lowest BCUT2D eigenvalue weighted by Gasteiger charge is -2.42. The van der Waals surface area contributed by atoms with Crippen LogP contribution in [0.3, 0.4) is 0 Å². The summed E-state index contributed by atoms with van der Waals surface area (Å²) in [6.07, 6.45) is 0.765. The predicted octanol–water partition coefficient (Wildman–Crippen LogP) is 3.20. The molecule has 0 saturated carbocycles. The summed E-state index contributed by atoms with van der Waals surface area (Å²) in [5.74, 6) is -0.618. The molecule has 6 nitrogen and oxygen atoms in total. The monoisotopic (exact) mass is 425 g/mol. The van der Waals surface area contributed by atoms with E-state index in [-0.39, 0.29) is 11.4 Å². The number of carbonyl (C=O) groups is 2. The molecule has 9 heteroatoms. The van der Waals surface area contributed by atoms with Crippen molar-refractivity contribution >= 4 is 45.4 Å². The first-order valence-electron chi connectivity index (χ1n) is 8.20. The van der Waals surface area contributed by atoms with Crippen LogP contribution in [0.2, 0.25) is 0 Å². The minimum atomic E-state index is -3.96. The molecular weight excluding hydrogens is 406 g/mol. The van der Waals surface area contributed by atoms with Crippen LogP contribution in [-0.4, -0.2) is 53.2 Å². The first-order valence-corrected chi connectivity index (χ1v) is 11.5. The molecule has 1 aliphatic rings. The van der Waals surface area contributed by atoms with Crippen molar-refractivity contribution in [2.24, 2.45) is 0 Å². The average molecular weight is 426 g/mol. The van der Waals surface area contributed by atoms with Crippen LogP contribution >= 0.6 is 23.1 Å². The number of aldehydes is 1. The van der Waals surface area contributed by atoms with E-state index < -0.39 is 26.8 Å². The molecule has 1 aromatic carbocycles. The highest BCUT2D eigenvalue weighted by molar-refractivity contribution is 8.00. The van der Waals surface area contributed by atoms with E-state index in [1.54, 1.807) is 37.4 Å². The Kier molecular flexibility index (Phi) is 5.49. The molecule has 0 aliphatic carbocycles. The van der Waals surface area contributed by atoms with E-state index in [2.05, 4.69) is 0 Å². The van der Waals surface area contributed by atoms with E-state index >= 15 is 0 Å². The number of hydrogen-bond acceptors (Lipinski definition) is 6. The number of rotatable bonds is 5. The lowest BCUT2D eigenvalue weighted by molar-refractivity contribution is -0.142. The summed E-state index contributed by atoms with van der Waals surface area (Å²) < 4.78 is 26.6. The smallest absolute Gasteiger partial charge is 0.323 e. The molecule has 0 spiro atoms. The summed E-state index contributed by atoms with van der Waals surface area (Å²) in [6.45, 7) is 3.65. The number of nitrogens with zero attached hydrogens (tertiary/aromatic N) is 1. The Balaban J connectivity index is 1.97. The number of sulfonamides is 1. The van der Waals surface area contributed by atoms with Crippen molar-refractivity contribution in [3.05, 3.63) is 41.3 Å². The zero-order chi connectivity index (χ0) is 19.8. The van der Waals surface area contributed by atoms with Gasteiger partial charge in [0.05, 0.1) is 4.90 Å². The molecule has 1 unspecified atom stereocenters. The Hall–Kier alpha value is -1.68. The fraction of sp³-hybridized carbons (Fsp3) is 0.333. The molecule has 0 bridgehead atoms.